The first kappa shape index (κ1) is 47.4. The molecule has 0 atom stereocenters. The number of carbonyl (C=O) groups excluding carboxylic acids is 4. The van der Waals surface area contributed by atoms with Gasteiger partial charge >= 0.3 is 11.9 Å². The van der Waals surface area contributed by atoms with E-state index in [0.29, 0.717) is 22.3 Å². The lowest BCUT2D eigenvalue weighted by Gasteiger charge is -2.31. The Hall–Kier alpha value is -5.64. The molecule has 0 fully saturated rings. The third-order valence-electron chi connectivity index (χ3n) is 11.4. The molecule has 4 aromatic rings. The Kier molecular flexibility index (Phi) is 12.9. The summed E-state index contributed by atoms with van der Waals surface area (Å²) in [5, 5.41) is 0. The van der Waals surface area contributed by atoms with Gasteiger partial charge in [0, 0.05) is 36.1 Å². The number of ketones is 2. The zero-order chi connectivity index (χ0) is 46.6. The first-order chi connectivity index (χ1) is 28.6. The molecule has 0 heterocycles. The second-order valence-electron chi connectivity index (χ2n) is 20.2. The second-order valence-corrected chi connectivity index (χ2v) is 20.2. The fraction of sp³-hybridized carbons (Fsp3) is 0.462. The highest BCUT2D eigenvalue weighted by molar-refractivity contribution is 6.14. The number of methoxy groups -OCH3 is 4. The van der Waals surface area contributed by atoms with Crippen LogP contribution in [0.15, 0.2) is 48.5 Å². The minimum atomic E-state index is -1.22. The van der Waals surface area contributed by atoms with Crippen molar-refractivity contribution in [3.05, 3.63) is 115 Å². The minimum Gasteiger partial charge on any atom is -0.496 e. The monoisotopic (exact) mass is 848 g/mol. The predicted octanol–water partition coefficient (Wildman–Crippen LogP) is 11.0. The van der Waals surface area contributed by atoms with Gasteiger partial charge in [0.2, 0.25) is 11.6 Å². The van der Waals surface area contributed by atoms with Crippen molar-refractivity contribution in [2.24, 2.45) is 0 Å². The molecule has 1 aliphatic rings. The van der Waals surface area contributed by atoms with Gasteiger partial charge in [0.15, 0.2) is 12.2 Å². The fourth-order valence-electron chi connectivity index (χ4n) is 7.91. The molecular formula is C52H64O10. The van der Waals surface area contributed by atoms with Crippen LogP contribution in [0, 0.1) is 0 Å². The molecule has 332 valence electrons. The SMILES string of the molecule is COc1c2cc(C(C)(C)C)cc1C(OC(C)=O)c1cc(C(C)(C)C)cc(c1OC)C(=O)c1cc(C(C)(C)C)cc(c1OC)C(OC(C)=O)c1cc(C(C)(C)C)cc(c1OC)C2=O. The average Bonchev–Trinajstić information content (AvgIpc) is 3.17. The Labute approximate surface area is 367 Å². The van der Waals surface area contributed by atoms with Gasteiger partial charge < -0.3 is 28.4 Å². The standard InChI is InChI=1S/C52H64O10/c1-27(53)61-47-37-23-29(49(3,4)5)19-33(43(37)57-15)41(55)35-21-31(51(9,10)11)25-39(45(35)59-17)48(62-28(2)54)40-26-32(52(12,13)14)22-36(46(40)60-18)42(56)34-20-30(50(6,7)8)24-38(47)44(34)58-16/h19-26,47-48H,1-18H3. The quantitative estimate of drug-likeness (QED) is 0.173. The van der Waals surface area contributed by atoms with Gasteiger partial charge in [-0.3, -0.25) is 19.2 Å². The molecule has 4 aromatic carbocycles. The molecule has 0 spiro atoms. The third kappa shape index (κ3) is 9.11. The number of carbonyl (C=O) groups is 4. The molecule has 0 aromatic heterocycles. The summed E-state index contributed by atoms with van der Waals surface area (Å²) in [6.07, 6.45) is -2.45. The molecule has 8 bridgehead atoms. The maximum absolute atomic E-state index is 15.7. The Balaban J connectivity index is 2.21. The smallest absolute Gasteiger partial charge is 0.303 e. The van der Waals surface area contributed by atoms with Crippen molar-refractivity contribution >= 4 is 23.5 Å². The summed E-state index contributed by atoms with van der Waals surface area (Å²) < 4.78 is 37.5. The van der Waals surface area contributed by atoms with Crippen LogP contribution in [-0.4, -0.2) is 51.9 Å². The highest BCUT2D eigenvalue weighted by Gasteiger charge is 2.39. The summed E-state index contributed by atoms with van der Waals surface area (Å²) >= 11 is 0. The van der Waals surface area contributed by atoms with Gasteiger partial charge in [-0.05, 0) is 92.4 Å². The van der Waals surface area contributed by atoms with Gasteiger partial charge in [0.05, 0.1) is 50.7 Å². The summed E-state index contributed by atoms with van der Waals surface area (Å²) in [6.45, 7) is 26.9. The molecule has 0 radical (unpaired) electrons. The molecule has 10 nitrogen and oxygen atoms in total. The Morgan fingerprint density at radius 1 is 0.387 bits per heavy atom. The topological polar surface area (TPSA) is 124 Å². The van der Waals surface area contributed by atoms with E-state index in [1.165, 1.54) is 42.3 Å². The Morgan fingerprint density at radius 3 is 0.726 bits per heavy atom. The van der Waals surface area contributed by atoms with E-state index >= 15 is 9.59 Å². The van der Waals surface area contributed by atoms with Crippen molar-refractivity contribution in [1.29, 1.82) is 0 Å². The van der Waals surface area contributed by atoms with Crippen molar-refractivity contribution in [2.75, 3.05) is 28.4 Å². The molecule has 0 aliphatic heterocycles. The Bertz CT molecular complexity index is 2120. The largest absolute Gasteiger partial charge is 0.496 e. The summed E-state index contributed by atoms with van der Waals surface area (Å²) in [4.78, 5) is 58.0. The van der Waals surface area contributed by atoms with E-state index < -0.39 is 57.4 Å². The number of hydrogen-bond acceptors (Lipinski definition) is 10. The van der Waals surface area contributed by atoms with E-state index in [4.69, 9.17) is 28.4 Å². The summed E-state index contributed by atoms with van der Waals surface area (Å²) in [6, 6.07) is 14.7. The minimum absolute atomic E-state index is 0.153. The maximum Gasteiger partial charge on any atom is 0.303 e. The van der Waals surface area contributed by atoms with Gasteiger partial charge in [-0.2, -0.15) is 0 Å². The van der Waals surface area contributed by atoms with E-state index in [1.807, 2.05) is 107 Å². The maximum atomic E-state index is 15.7. The van der Waals surface area contributed by atoms with Crippen molar-refractivity contribution in [3.8, 4) is 23.0 Å². The summed E-state index contributed by atoms with van der Waals surface area (Å²) in [5.74, 6) is -1.50. The van der Waals surface area contributed by atoms with Crippen molar-refractivity contribution < 1.29 is 47.6 Å². The van der Waals surface area contributed by atoms with Crippen LogP contribution in [0.3, 0.4) is 0 Å². The van der Waals surface area contributed by atoms with Crippen LogP contribution in [0.25, 0.3) is 0 Å². The van der Waals surface area contributed by atoms with Crippen LogP contribution in [0.1, 0.15) is 185 Å². The van der Waals surface area contributed by atoms with Crippen LogP contribution >= 0.6 is 0 Å². The molecule has 0 N–H and O–H groups in total. The molecule has 1 aliphatic carbocycles. The molecular weight excluding hydrogens is 785 g/mol. The second kappa shape index (κ2) is 16.9. The average molecular weight is 849 g/mol. The molecule has 0 amide bonds. The number of rotatable bonds is 6. The molecule has 0 unspecified atom stereocenters. The molecule has 0 saturated heterocycles. The van der Waals surface area contributed by atoms with Gasteiger partial charge in [0.25, 0.3) is 0 Å². The number of esters is 2. The van der Waals surface area contributed by atoms with E-state index in [1.54, 1.807) is 24.3 Å². The normalized spacial score (nSPS) is 15.8. The zero-order valence-electron chi connectivity index (χ0n) is 39.9. The van der Waals surface area contributed by atoms with Gasteiger partial charge in [-0.15, -0.1) is 0 Å². The van der Waals surface area contributed by atoms with Crippen LogP contribution in [-0.2, 0) is 40.7 Å². The lowest BCUT2D eigenvalue weighted by Crippen LogP contribution is -2.23. The fourth-order valence-corrected chi connectivity index (χ4v) is 7.91. The molecule has 5 rings (SSSR count). The van der Waals surface area contributed by atoms with E-state index in [9.17, 15) is 9.59 Å². The van der Waals surface area contributed by atoms with E-state index in [0.717, 1.165) is 22.3 Å². The van der Waals surface area contributed by atoms with E-state index in [-0.39, 0.29) is 45.3 Å². The predicted molar refractivity (Wildman–Crippen MR) is 241 cm³/mol. The number of hydrogen-bond donors (Lipinski definition) is 0. The van der Waals surface area contributed by atoms with Gasteiger partial charge in [0.1, 0.15) is 23.0 Å². The van der Waals surface area contributed by atoms with Gasteiger partial charge in [-0.25, -0.2) is 0 Å². The van der Waals surface area contributed by atoms with Crippen molar-refractivity contribution in [3.63, 3.8) is 0 Å². The lowest BCUT2D eigenvalue weighted by molar-refractivity contribution is -0.145. The summed E-state index contributed by atoms with van der Waals surface area (Å²) in [7, 11) is 5.85. The first-order valence-corrected chi connectivity index (χ1v) is 20.9. The zero-order valence-corrected chi connectivity index (χ0v) is 39.9. The first-order valence-electron chi connectivity index (χ1n) is 20.9. The van der Waals surface area contributed by atoms with Crippen LogP contribution < -0.4 is 18.9 Å². The van der Waals surface area contributed by atoms with E-state index in [2.05, 4.69) is 0 Å². The van der Waals surface area contributed by atoms with Crippen LogP contribution in [0.4, 0.5) is 0 Å². The summed E-state index contributed by atoms with van der Waals surface area (Å²) in [5.41, 5.74) is 3.06. The molecule has 10 heteroatoms. The highest BCUT2D eigenvalue weighted by Crippen LogP contribution is 2.49. The number of ether oxygens (including phenoxy) is 6. The van der Waals surface area contributed by atoms with Crippen molar-refractivity contribution in [1.82, 2.24) is 0 Å². The number of fused-ring (bicyclic) bond motifs is 8. The third-order valence-corrected chi connectivity index (χ3v) is 11.4. The van der Waals surface area contributed by atoms with Gasteiger partial charge in [-0.1, -0.05) is 83.1 Å². The lowest BCUT2D eigenvalue weighted by atomic mass is 9.78. The highest BCUT2D eigenvalue weighted by atomic mass is 16.6. The van der Waals surface area contributed by atoms with Crippen LogP contribution in [0.5, 0.6) is 23.0 Å². The van der Waals surface area contributed by atoms with Crippen LogP contribution in [0.2, 0.25) is 0 Å². The Morgan fingerprint density at radius 2 is 0.581 bits per heavy atom. The number of benzene rings is 4. The molecule has 0 saturated carbocycles. The van der Waals surface area contributed by atoms with Crippen molar-refractivity contribution in [2.45, 2.75) is 131 Å². The molecule has 62 heavy (non-hydrogen) atoms.